The van der Waals surface area contributed by atoms with E-state index in [9.17, 15) is 4.79 Å². The van der Waals surface area contributed by atoms with Gasteiger partial charge < -0.3 is 11.1 Å². The lowest BCUT2D eigenvalue weighted by Gasteiger charge is -2.27. The molecule has 0 aliphatic rings. The molecule has 0 spiro atoms. The summed E-state index contributed by atoms with van der Waals surface area (Å²) in [6.45, 7) is 7.91. The molecular weight excluding hydrogens is 260 g/mol. The second-order valence-corrected chi connectivity index (χ2v) is 6.64. The molecule has 2 atom stereocenters. The summed E-state index contributed by atoms with van der Waals surface area (Å²) in [6, 6.07) is 13.7. The van der Waals surface area contributed by atoms with Crippen molar-refractivity contribution in [2.45, 2.75) is 39.8 Å². The first-order valence-corrected chi connectivity index (χ1v) is 7.34. The number of benzene rings is 2. The largest absolute Gasteiger partial charge is 0.348 e. The fourth-order valence-electron chi connectivity index (χ4n) is 2.40. The zero-order chi connectivity index (χ0) is 15.6. The minimum atomic E-state index is -0.519. The third-order valence-corrected chi connectivity index (χ3v) is 3.86. The number of hydrogen-bond acceptors (Lipinski definition) is 2. The summed E-state index contributed by atoms with van der Waals surface area (Å²) in [5, 5.41) is 5.37. The minimum Gasteiger partial charge on any atom is -0.348 e. The molecule has 0 bridgehead atoms. The van der Waals surface area contributed by atoms with Crippen LogP contribution in [0.25, 0.3) is 10.8 Å². The van der Waals surface area contributed by atoms with Crippen LogP contribution in [0.15, 0.2) is 42.5 Å². The molecule has 2 rings (SSSR count). The summed E-state index contributed by atoms with van der Waals surface area (Å²) < 4.78 is 0. The first kappa shape index (κ1) is 15.5. The van der Waals surface area contributed by atoms with Crippen molar-refractivity contribution < 1.29 is 4.79 Å². The second kappa shape index (κ2) is 5.86. The smallest absolute Gasteiger partial charge is 0.237 e. The fourth-order valence-corrected chi connectivity index (χ4v) is 2.40. The average Bonchev–Trinajstić information content (AvgIpc) is 2.44. The Hall–Kier alpha value is -1.87. The molecular formula is C18H24N2O. The van der Waals surface area contributed by atoms with Crippen molar-refractivity contribution in [1.82, 2.24) is 5.32 Å². The van der Waals surface area contributed by atoms with Gasteiger partial charge in [0.25, 0.3) is 0 Å². The first-order chi connectivity index (χ1) is 9.80. The summed E-state index contributed by atoms with van der Waals surface area (Å²) in [5.41, 5.74) is 6.89. The summed E-state index contributed by atoms with van der Waals surface area (Å²) in [4.78, 5) is 12.3. The SMILES string of the molecule is CC(NC(=O)[C@@H](N)C(C)(C)C)c1cccc2ccccc12. The Bertz CT molecular complexity index is 638. The van der Waals surface area contributed by atoms with E-state index in [1.165, 1.54) is 5.39 Å². The maximum absolute atomic E-state index is 12.3. The van der Waals surface area contributed by atoms with Crippen LogP contribution in [-0.4, -0.2) is 11.9 Å². The zero-order valence-corrected chi connectivity index (χ0v) is 13.2. The Morgan fingerprint density at radius 1 is 1.10 bits per heavy atom. The van der Waals surface area contributed by atoms with Crippen LogP contribution in [0.5, 0.6) is 0 Å². The lowest BCUT2D eigenvalue weighted by atomic mass is 9.86. The highest BCUT2D eigenvalue weighted by Crippen LogP contribution is 2.25. The Kier molecular flexibility index (Phi) is 4.33. The molecule has 3 N–H and O–H groups in total. The van der Waals surface area contributed by atoms with Gasteiger partial charge in [0.05, 0.1) is 12.1 Å². The van der Waals surface area contributed by atoms with Gasteiger partial charge in [-0.25, -0.2) is 0 Å². The molecule has 0 aliphatic heterocycles. The standard InChI is InChI=1S/C18H24N2O/c1-12(20-17(21)16(19)18(2,3)4)14-11-7-9-13-8-5-6-10-15(13)14/h5-12,16H,19H2,1-4H3,(H,20,21)/t12?,16-/m1/s1. The third kappa shape index (κ3) is 3.42. The van der Waals surface area contributed by atoms with Crippen LogP contribution >= 0.6 is 0 Å². The number of nitrogens with two attached hydrogens (primary N) is 1. The third-order valence-electron chi connectivity index (χ3n) is 3.86. The molecule has 0 heterocycles. The van der Waals surface area contributed by atoms with Crippen molar-refractivity contribution in [3.63, 3.8) is 0 Å². The van der Waals surface area contributed by atoms with Gasteiger partial charge in [-0.3, -0.25) is 4.79 Å². The highest BCUT2D eigenvalue weighted by molar-refractivity contribution is 5.87. The van der Waals surface area contributed by atoms with E-state index in [1.807, 2.05) is 45.9 Å². The molecule has 3 heteroatoms. The van der Waals surface area contributed by atoms with Gasteiger partial charge in [0, 0.05) is 0 Å². The topological polar surface area (TPSA) is 55.1 Å². The van der Waals surface area contributed by atoms with Gasteiger partial charge in [0.2, 0.25) is 5.91 Å². The van der Waals surface area contributed by atoms with Gasteiger partial charge in [-0.05, 0) is 28.7 Å². The molecule has 1 amide bonds. The monoisotopic (exact) mass is 284 g/mol. The zero-order valence-electron chi connectivity index (χ0n) is 13.2. The van der Waals surface area contributed by atoms with E-state index in [0.29, 0.717) is 0 Å². The van der Waals surface area contributed by atoms with Crippen molar-refractivity contribution in [3.05, 3.63) is 48.0 Å². The summed E-state index contributed by atoms with van der Waals surface area (Å²) >= 11 is 0. The van der Waals surface area contributed by atoms with Crippen LogP contribution in [-0.2, 0) is 4.79 Å². The molecule has 0 saturated carbocycles. The van der Waals surface area contributed by atoms with E-state index >= 15 is 0 Å². The summed E-state index contributed by atoms with van der Waals surface area (Å²) in [6.07, 6.45) is 0. The molecule has 3 nitrogen and oxygen atoms in total. The van der Waals surface area contributed by atoms with Crippen LogP contribution in [0.4, 0.5) is 0 Å². The Labute approximate surface area is 126 Å². The van der Waals surface area contributed by atoms with Crippen LogP contribution < -0.4 is 11.1 Å². The van der Waals surface area contributed by atoms with E-state index in [0.717, 1.165) is 10.9 Å². The number of rotatable bonds is 3. The highest BCUT2D eigenvalue weighted by Gasteiger charge is 2.28. The number of carbonyl (C=O) groups excluding carboxylic acids is 1. The van der Waals surface area contributed by atoms with Crippen LogP contribution in [0.1, 0.15) is 39.3 Å². The van der Waals surface area contributed by atoms with E-state index < -0.39 is 6.04 Å². The maximum Gasteiger partial charge on any atom is 0.237 e. The van der Waals surface area contributed by atoms with Crippen LogP contribution in [0.2, 0.25) is 0 Å². The number of nitrogens with one attached hydrogen (secondary N) is 1. The molecule has 2 aromatic rings. The molecule has 112 valence electrons. The highest BCUT2D eigenvalue weighted by atomic mass is 16.2. The maximum atomic E-state index is 12.3. The predicted molar refractivity (Wildman–Crippen MR) is 87.9 cm³/mol. The summed E-state index contributed by atoms with van der Waals surface area (Å²) in [5.74, 6) is -0.108. The Balaban J connectivity index is 2.23. The normalized spacial score (nSPS) is 14.7. The van der Waals surface area contributed by atoms with Gasteiger partial charge in [-0.1, -0.05) is 63.2 Å². The molecule has 21 heavy (non-hydrogen) atoms. The van der Waals surface area contributed by atoms with Crippen molar-refractivity contribution in [1.29, 1.82) is 0 Å². The van der Waals surface area contributed by atoms with Gasteiger partial charge >= 0.3 is 0 Å². The van der Waals surface area contributed by atoms with Crippen LogP contribution in [0, 0.1) is 5.41 Å². The number of fused-ring (bicyclic) bond motifs is 1. The van der Waals surface area contributed by atoms with Gasteiger partial charge in [-0.2, -0.15) is 0 Å². The van der Waals surface area contributed by atoms with E-state index in [4.69, 9.17) is 5.73 Å². The lowest BCUT2D eigenvalue weighted by Crippen LogP contribution is -2.49. The molecule has 1 unspecified atom stereocenters. The quantitative estimate of drug-likeness (QED) is 0.907. The lowest BCUT2D eigenvalue weighted by molar-refractivity contribution is -0.125. The molecule has 0 radical (unpaired) electrons. The summed E-state index contributed by atoms with van der Waals surface area (Å²) in [7, 11) is 0. The molecule has 0 aliphatic carbocycles. The number of amides is 1. The number of carbonyl (C=O) groups is 1. The predicted octanol–water partition coefficient (Wildman–Crippen LogP) is 3.39. The van der Waals surface area contributed by atoms with E-state index in [1.54, 1.807) is 0 Å². The Morgan fingerprint density at radius 2 is 1.71 bits per heavy atom. The molecule has 0 fully saturated rings. The van der Waals surface area contributed by atoms with Crippen molar-refractivity contribution in [3.8, 4) is 0 Å². The van der Waals surface area contributed by atoms with Crippen molar-refractivity contribution in [2.75, 3.05) is 0 Å². The molecule has 2 aromatic carbocycles. The molecule has 0 saturated heterocycles. The van der Waals surface area contributed by atoms with Gasteiger partial charge in [-0.15, -0.1) is 0 Å². The second-order valence-electron chi connectivity index (χ2n) is 6.64. The molecule has 0 aromatic heterocycles. The average molecular weight is 284 g/mol. The van der Waals surface area contributed by atoms with E-state index in [2.05, 4.69) is 29.6 Å². The van der Waals surface area contributed by atoms with Crippen LogP contribution in [0.3, 0.4) is 0 Å². The van der Waals surface area contributed by atoms with E-state index in [-0.39, 0.29) is 17.4 Å². The first-order valence-electron chi connectivity index (χ1n) is 7.34. The number of hydrogen-bond donors (Lipinski definition) is 2. The minimum absolute atomic E-state index is 0.0722. The van der Waals surface area contributed by atoms with Gasteiger partial charge in [0.15, 0.2) is 0 Å². The van der Waals surface area contributed by atoms with Crippen molar-refractivity contribution >= 4 is 16.7 Å². The Morgan fingerprint density at radius 3 is 2.38 bits per heavy atom. The van der Waals surface area contributed by atoms with Gasteiger partial charge in [0.1, 0.15) is 0 Å². The fraction of sp³-hybridized carbons (Fsp3) is 0.389. The van der Waals surface area contributed by atoms with Crippen molar-refractivity contribution in [2.24, 2.45) is 11.1 Å².